The Labute approximate surface area is 92.8 Å². The van der Waals surface area contributed by atoms with Gasteiger partial charge in [-0.15, -0.1) is 0 Å². The maximum absolute atomic E-state index is 2.75. The molecule has 3 rings (SSSR count). The predicted octanol–water partition coefficient (Wildman–Crippen LogP) is 3.14. The van der Waals surface area contributed by atoms with E-state index in [1.165, 1.54) is 51.6 Å². The van der Waals surface area contributed by atoms with Crippen LogP contribution in [0, 0.1) is 5.92 Å². The molecule has 0 amide bonds. The minimum absolute atomic E-state index is 0.876. The Morgan fingerprint density at radius 2 is 2.00 bits per heavy atom. The minimum Gasteiger partial charge on any atom is -0.300 e. The molecule has 2 fully saturated rings. The van der Waals surface area contributed by atoms with Crippen molar-refractivity contribution in [2.45, 2.75) is 44.6 Å². The first-order valence-electron chi connectivity index (χ1n) is 6.53. The lowest BCUT2D eigenvalue weighted by molar-refractivity contribution is 0.163. The largest absolute Gasteiger partial charge is 0.300 e. The molecule has 0 aromatic carbocycles. The van der Waals surface area contributed by atoms with Gasteiger partial charge in [-0.2, -0.15) is 0 Å². The Hall–Kier alpha value is -0.560. The van der Waals surface area contributed by atoms with Gasteiger partial charge in [-0.05, 0) is 51.1 Å². The summed E-state index contributed by atoms with van der Waals surface area (Å²) < 4.78 is 0. The van der Waals surface area contributed by atoms with Gasteiger partial charge in [-0.3, -0.25) is 0 Å². The molecular weight excluding hydrogens is 182 g/mol. The zero-order valence-electron chi connectivity index (χ0n) is 9.49. The van der Waals surface area contributed by atoms with Gasteiger partial charge in [0.1, 0.15) is 0 Å². The molecule has 0 bridgehead atoms. The molecular formula is C14H21N. The third kappa shape index (κ3) is 1.90. The molecule has 2 aliphatic carbocycles. The van der Waals surface area contributed by atoms with E-state index in [0.29, 0.717) is 0 Å². The number of hydrogen-bond acceptors (Lipinski definition) is 1. The number of rotatable bonds is 1. The van der Waals surface area contributed by atoms with Crippen molar-refractivity contribution in [3.05, 3.63) is 23.8 Å². The minimum atomic E-state index is 0.876. The highest BCUT2D eigenvalue weighted by atomic mass is 15.2. The topological polar surface area (TPSA) is 3.24 Å². The molecule has 1 nitrogen and oxygen atoms in total. The summed E-state index contributed by atoms with van der Waals surface area (Å²) in [5.74, 6) is 0.891. The summed E-state index contributed by atoms with van der Waals surface area (Å²) in [6, 6.07) is 0.876. The highest BCUT2D eigenvalue weighted by Crippen LogP contribution is 2.39. The van der Waals surface area contributed by atoms with Gasteiger partial charge in [0.25, 0.3) is 0 Å². The SMILES string of the molecule is C1=CCC2C[C@H](N3CCCCC3)CC2=C1. The van der Waals surface area contributed by atoms with Crippen LogP contribution in [0.5, 0.6) is 0 Å². The number of nitrogens with zero attached hydrogens (tertiary/aromatic N) is 1. The van der Waals surface area contributed by atoms with Crippen molar-refractivity contribution in [2.75, 3.05) is 13.1 Å². The third-order valence-corrected chi connectivity index (χ3v) is 4.33. The molecule has 0 N–H and O–H groups in total. The van der Waals surface area contributed by atoms with Gasteiger partial charge in [-0.1, -0.05) is 30.2 Å². The lowest BCUT2D eigenvalue weighted by Gasteiger charge is -2.32. The van der Waals surface area contributed by atoms with E-state index >= 15 is 0 Å². The quantitative estimate of drug-likeness (QED) is 0.633. The normalized spacial score (nSPS) is 36.4. The maximum atomic E-state index is 2.75. The summed E-state index contributed by atoms with van der Waals surface area (Å²) in [5.41, 5.74) is 1.73. The van der Waals surface area contributed by atoms with Crippen LogP contribution < -0.4 is 0 Å². The van der Waals surface area contributed by atoms with Crippen molar-refractivity contribution in [3.63, 3.8) is 0 Å². The molecule has 1 saturated heterocycles. The average Bonchev–Trinajstić information content (AvgIpc) is 2.74. The van der Waals surface area contributed by atoms with Gasteiger partial charge in [0.15, 0.2) is 0 Å². The van der Waals surface area contributed by atoms with E-state index in [9.17, 15) is 0 Å². The molecule has 3 aliphatic rings. The number of allylic oxidation sites excluding steroid dienone is 3. The predicted molar refractivity (Wildman–Crippen MR) is 63.8 cm³/mol. The molecule has 15 heavy (non-hydrogen) atoms. The molecule has 1 aliphatic heterocycles. The zero-order valence-corrected chi connectivity index (χ0v) is 9.49. The van der Waals surface area contributed by atoms with Crippen molar-refractivity contribution in [1.82, 2.24) is 4.90 Å². The summed E-state index contributed by atoms with van der Waals surface area (Å²) in [6.45, 7) is 2.72. The van der Waals surface area contributed by atoms with Gasteiger partial charge in [0.2, 0.25) is 0 Å². The first-order chi connectivity index (χ1) is 7.43. The van der Waals surface area contributed by atoms with Crippen LogP contribution in [-0.4, -0.2) is 24.0 Å². The van der Waals surface area contributed by atoms with Crippen molar-refractivity contribution in [1.29, 1.82) is 0 Å². The fourth-order valence-corrected chi connectivity index (χ4v) is 3.45. The van der Waals surface area contributed by atoms with Crippen molar-refractivity contribution in [2.24, 2.45) is 5.92 Å². The molecule has 1 unspecified atom stereocenters. The summed E-state index contributed by atoms with van der Waals surface area (Å²) in [5, 5.41) is 0. The molecule has 0 radical (unpaired) electrons. The fourth-order valence-electron chi connectivity index (χ4n) is 3.45. The molecule has 0 spiro atoms. The van der Waals surface area contributed by atoms with Crippen molar-refractivity contribution < 1.29 is 0 Å². The second-order valence-electron chi connectivity index (χ2n) is 5.29. The maximum Gasteiger partial charge on any atom is 0.0138 e. The Balaban J connectivity index is 1.65. The van der Waals surface area contributed by atoms with Crippen LogP contribution in [0.25, 0.3) is 0 Å². The Morgan fingerprint density at radius 3 is 2.80 bits per heavy atom. The Kier molecular flexibility index (Phi) is 2.66. The van der Waals surface area contributed by atoms with Crippen LogP contribution in [0.2, 0.25) is 0 Å². The van der Waals surface area contributed by atoms with E-state index in [4.69, 9.17) is 0 Å². The highest BCUT2D eigenvalue weighted by molar-refractivity contribution is 5.25. The van der Waals surface area contributed by atoms with Gasteiger partial charge < -0.3 is 4.90 Å². The smallest absolute Gasteiger partial charge is 0.0138 e. The number of piperidine rings is 1. The van der Waals surface area contributed by atoms with Crippen LogP contribution in [0.15, 0.2) is 23.8 Å². The van der Waals surface area contributed by atoms with Crippen LogP contribution in [0.3, 0.4) is 0 Å². The van der Waals surface area contributed by atoms with Crippen molar-refractivity contribution >= 4 is 0 Å². The molecule has 2 atom stereocenters. The molecule has 0 aromatic heterocycles. The van der Waals surface area contributed by atoms with E-state index in [1.807, 2.05) is 0 Å². The molecule has 0 aromatic rings. The van der Waals surface area contributed by atoms with Crippen LogP contribution in [0.4, 0.5) is 0 Å². The molecule has 1 saturated carbocycles. The average molecular weight is 203 g/mol. The zero-order chi connectivity index (χ0) is 10.1. The second kappa shape index (κ2) is 4.13. The lowest BCUT2D eigenvalue weighted by atomic mass is 9.95. The second-order valence-corrected chi connectivity index (χ2v) is 5.29. The third-order valence-electron chi connectivity index (χ3n) is 4.33. The number of likely N-dealkylation sites (tertiary alicyclic amines) is 1. The van der Waals surface area contributed by atoms with Gasteiger partial charge in [-0.25, -0.2) is 0 Å². The first-order valence-corrected chi connectivity index (χ1v) is 6.53. The van der Waals surface area contributed by atoms with Crippen LogP contribution in [0.1, 0.15) is 38.5 Å². The van der Waals surface area contributed by atoms with E-state index in [-0.39, 0.29) is 0 Å². The Bertz CT molecular complexity index is 284. The summed E-state index contributed by atoms with van der Waals surface area (Å²) in [4.78, 5) is 2.75. The lowest BCUT2D eigenvalue weighted by Crippen LogP contribution is -2.37. The van der Waals surface area contributed by atoms with Crippen LogP contribution >= 0.6 is 0 Å². The van der Waals surface area contributed by atoms with Gasteiger partial charge >= 0.3 is 0 Å². The van der Waals surface area contributed by atoms with E-state index in [1.54, 1.807) is 5.57 Å². The van der Waals surface area contributed by atoms with E-state index in [0.717, 1.165) is 12.0 Å². The molecule has 82 valence electrons. The number of hydrogen-bond donors (Lipinski definition) is 0. The first kappa shape index (κ1) is 9.65. The standard InChI is InChI=1S/C14H21N/c1-4-8-15(9-5-1)14-10-12-6-2-3-7-13(12)11-14/h2-3,6,13-14H,1,4-5,7-11H2/t13?,14-/m1/s1. The van der Waals surface area contributed by atoms with E-state index < -0.39 is 0 Å². The Morgan fingerprint density at radius 1 is 1.13 bits per heavy atom. The van der Waals surface area contributed by atoms with Gasteiger partial charge in [0.05, 0.1) is 0 Å². The monoisotopic (exact) mass is 203 g/mol. The summed E-state index contributed by atoms with van der Waals surface area (Å²) >= 11 is 0. The summed E-state index contributed by atoms with van der Waals surface area (Å²) in [7, 11) is 0. The molecule has 1 heteroatoms. The summed E-state index contributed by atoms with van der Waals surface area (Å²) in [6.07, 6.45) is 15.4. The molecule has 1 heterocycles. The van der Waals surface area contributed by atoms with Crippen molar-refractivity contribution in [3.8, 4) is 0 Å². The highest BCUT2D eigenvalue weighted by Gasteiger charge is 2.32. The van der Waals surface area contributed by atoms with E-state index in [2.05, 4.69) is 23.1 Å². The fraction of sp³-hybridized carbons (Fsp3) is 0.714. The number of fused-ring (bicyclic) bond motifs is 1. The van der Waals surface area contributed by atoms with Crippen LogP contribution in [-0.2, 0) is 0 Å². The van der Waals surface area contributed by atoms with Gasteiger partial charge in [0, 0.05) is 6.04 Å².